The van der Waals surface area contributed by atoms with Crippen LogP contribution in [0.25, 0.3) is 6.08 Å². The Morgan fingerprint density at radius 3 is 2.41 bits per heavy atom. The molecule has 2 aromatic rings. The predicted octanol–water partition coefficient (Wildman–Crippen LogP) is 4.58. The summed E-state index contributed by atoms with van der Waals surface area (Å²) in [6.07, 6.45) is 1.30. The molecule has 0 bridgehead atoms. The number of hydrogen-bond donors (Lipinski definition) is 0. The molecule has 6 heteroatoms. The first-order valence-corrected chi connectivity index (χ1v) is 9.08. The van der Waals surface area contributed by atoms with Crippen molar-refractivity contribution in [3.8, 4) is 6.07 Å². The van der Waals surface area contributed by atoms with Gasteiger partial charge in [-0.3, -0.25) is 0 Å². The molecule has 0 aliphatic rings. The fourth-order valence-corrected chi connectivity index (χ4v) is 3.49. The first-order chi connectivity index (χ1) is 10.4. The van der Waals surface area contributed by atoms with E-state index in [1.54, 1.807) is 54.6 Å². The lowest BCUT2D eigenvalue weighted by Gasteiger charge is -2.04. The van der Waals surface area contributed by atoms with Gasteiger partial charge in [0.05, 0.1) is 5.75 Å². The maximum absolute atomic E-state index is 12.4. The summed E-state index contributed by atoms with van der Waals surface area (Å²) in [5, 5.41) is 9.59. The molecule has 0 fully saturated rings. The summed E-state index contributed by atoms with van der Waals surface area (Å²) >= 11 is 9.29. The highest BCUT2D eigenvalue weighted by atomic mass is 79.9. The number of benzene rings is 2. The molecule has 2 aromatic carbocycles. The molecule has 3 nitrogen and oxygen atoms in total. The topological polar surface area (TPSA) is 57.9 Å². The van der Waals surface area contributed by atoms with Crippen molar-refractivity contribution >= 4 is 43.4 Å². The van der Waals surface area contributed by atoms with Crippen LogP contribution in [0.3, 0.4) is 0 Å². The maximum Gasteiger partial charge on any atom is 0.192 e. The minimum atomic E-state index is -3.73. The molecule has 22 heavy (non-hydrogen) atoms. The summed E-state index contributed by atoms with van der Waals surface area (Å²) in [5.74, 6) is -0.232. The van der Waals surface area contributed by atoms with E-state index >= 15 is 0 Å². The van der Waals surface area contributed by atoms with Crippen molar-refractivity contribution in [2.24, 2.45) is 0 Å². The number of nitrogens with zero attached hydrogens (tertiary/aromatic N) is 1. The van der Waals surface area contributed by atoms with Crippen molar-refractivity contribution in [2.75, 3.05) is 0 Å². The quantitative estimate of drug-likeness (QED) is 0.711. The molecule has 0 saturated heterocycles. The van der Waals surface area contributed by atoms with Crippen LogP contribution in [0.15, 0.2) is 57.9 Å². The van der Waals surface area contributed by atoms with E-state index in [4.69, 9.17) is 11.6 Å². The Kier molecular flexibility index (Phi) is 5.41. The SMILES string of the molecule is N#C/C(=C\c1ccccc1Cl)S(=O)(=O)Cc1ccc(Br)cc1. The van der Waals surface area contributed by atoms with Crippen LogP contribution in [0.2, 0.25) is 5.02 Å². The normalized spacial score (nSPS) is 12.0. The first-order valence-electron chi connectivity index (χ1n) is 6.26. The lowest BCUT2D eigenvalue weighted by atomic mass is 10.2. The molecule has 0 spiro atoms. The van der Waals surface area contributed by atoms with Crippen molar-refractivity contribution in [1.29, 1.82) is 5.26 Å². The molecule has 0 unspecified atom stereocenters. The zero-order chi connectivity index (χ0) is 16.2. The fourth-order valence-electron chi connectivity index (χ4n) is 1.80. The fraction of sp³-hybridized carbons (Fsp3) is 0.0625. The molecule has 0 aliphatic carbocycles. The van der Waals surface area contributed by atoms with Gasteiger partial charge in [0, 0.05) is 9.50 Å². The molecular weight excluding hydrogens is 386 g/mol. The van der Waals surface area contributed by atoms with Crippen LogP contribution in [-0.2, 0) is 15.6 Å². The summed E-state index contributed by atoms with van der Waals surface area (Å²) in [7, 11) is -3.73. The van der Waals surface area contributed by atoms with E-state index in [0.717, 1.165) is 4.47 Å². The lowest BCUT2D eigenvalue weighted by molar-refractivity contribution is 0.602. The highest BCUT2D eigenvalue weighted by molar-refractivity contribution is 9.10. The van der Waals surface area contributed by atoms with Gasteiger partial charge in [-0.25, -0.2) is 8.42 Å². The molecule has 112 valence electrons. The van der Waals surface area contributed by atoms with Crippen LogP contribution >= 0.6 is 27.5 Å². The number of halogens is 2. The minimum absolute atomic E-state index is 0.232. The van der Waals surface area contributed by atoms with Gasteiger partial charge in [0.2, 0.25) is 0 Å². The second-order valence-corrected chi connectivity index (χ2v) is 7.81. The average Bonchev–Trinajstić information content (AvgIpc) is 2.48. The zero-order valence-corrected chi connectivity index (χ0v) is 14.5. The van der Waals surface area contributed by atoms with Crippen LogP contribution in [0.4, 0.5) is 0 Å². The monoisotopic (exact) mass is 395 g/mol. The standard InChI is InChI=1S/C16H11BrClNO2S/c17-14-7-5-12(6-8-14)11-22(20,21)15(10-19)9-13-3-1-2-4-16(13)18/h1-9H,11H2/b15-9+. The molecule has 0 saturated carbocycles. The summed E-state index contributed by atoms with van der Waals surface area (Å²) in [6.45, 7) is 0. The predicted molar refractivity (Wildman–Crippen MR) is 91.8 cm³/mol. The number of allylic oxidation sites excluding steroid dienone is 1. The van der Waals surface area contributed by atoms with Gasteiger partial charge >= 0.3 is 0 Å². The molecule has 0 N–H and O–H groups in total. The van der Waals surface area contributed by atoms with Gasteiger partial charge in [-0.1, -0.05) is 57.9 Å². The molecule has 0 radical (unpaired) electrons. The molecule has 0 amide bonds. The molecular formula is C16H11BrClNO2S. The third kappa shape index (κ3) is 4.20. The van der Waals surface area contributed by atoms with Gasteiger partial charge in [-0.15, -0.1) is 0 Å². The van der Waals surface area contributed by atoms with Crippen LogP contribution in [-0.4, -0.2) is 8.42 Å². The second-order valence-electron chi connectivity index (χ2n) is 4.53. The number of sulfone groups is 1. The van der Waals surface area contributed by atoms with Crippen LogP contribution in [0.5, 0.6) is 0 Å². The maximum atomic E-state index is 12.4. The number of nitriles is 1. The Balaban J connectivity index is 2.36. The summed E-state index contributed by atoms with van der Waals surface area (Å²) < 4.78 is 25.6. The highest BCUT2D eigenvalue weighted by Crippen LogP contribution is 2.22. The van der Waals surface area contributed by atoms with Crippen LogP contribution in [0.1, 0.15) is 11.1 Å². The molecule has 2 rings (SSSR count). The average molecular weight is 397 g/mol. The van der Waals surface area contributed by atoms with Gasteiger partial charge in [0.25, 0.3) is 0 Å². The third-order valence-electron chi connectivity index (χ3n) is 2.91. The van der Waals surface area contributed by atoms with E-state index in [1.807, 2.05) is 0 Å². The Morgan fingerprint density at radius 2 is 1.82 bits per heavy atom. The Morgan fingerprint density at radius 1 is 1.18 bits per heavy atom. The van der Waals surface area contributed by atoms with Crippen molar-refractivity contribution in [2.45, 2.75) is 5.75 Å². The zero-order valence-electron chi connectivity index (χ0n) is 11.3. The van der Waals surface area contributed by atoms with E-state index in [9.17, 15) is 13.7 Å². The first kappa shape index (κ1) is 16.8. The Bertz CT molecular complexity index is 852. The smallest absolute Gasteiger partial charge is 0.192 e. The number of rotatable bonds is 4. The van der Waals surface area contributed by atoms with E-state index in [-0.39, 0.29) is 10.7 Å². The summed E-state index contributed by atoms with van der Waals surface area (Å²) in [4.78, 5) is -0.302. The third-order valence-corrected chi connectivity index (χ3v) is 5.37. The van der Waals surface area contributed by atoms with Gasteiger partial charge in [-0.2, -0.15) is 5.26 Å². The lowest BCUT2D eigenvalue weighted by Crippen LogP contribution is -2.06. The molecule has 0 atom stereocenters. The van der Waals surface area contributed by atoms with Crippen LogP contribution < -0.4 is 0 Å². The molecule has 0 aliphatic heterocycles. The van der Waals surface area contributed by atoms with Gasteiger partial charge in [-0.05, 0) is 35.4 Å². The van der Waals surface area contributed by atoms with Crippen molar-refractivity contribution in [3.05, 3.63) is 74.1 Å². The Hall–Kier alpha value is -1.61. The van der Waals surface area contributed by atoms with Gasteiger partial charge in [0.1, 0.15) is 11.0 Å². The largest absolute Gasteiger partial charge is 0.223 e. The minimum Gasteiger partial charge on any atom is -0.223 e. The summed E-state index contributed by atoms with van der Waals surface area (Å²) in [6, 6.07) is 15.4. The van der Waals surface area contributed by atoms with E-state index in [0.29, 0.717) is 16.1 Å². The highest BCUT2D eigenvalue weighted by Gasteiger charge is 2.19. The van der Waals surface area contributed by atoms with Crippen LogP contribution in [0, 0.1) is 11.3 Å². The van der Waals surface area contributed by atoms with E-state index in [2.05, 4.69) is 15.9 Å². The number of hydrogen-bond acceptors (Lipinski definition) is 3. The van der Waals surface area contributed by atoms with Crippen molar-refractivity contribution < 1.29 is 8.42 Å². The van der Waals surface area contributed by atoms with Gasteiger partial charge in [0.15, 0.2) is 9.84 Å². The van der Waals surface area contributed by atoms with Gasteiger partial charge < -0.3 is 0 Å². The molecule has 0 aromatic heterocycles. The van der Waals surface area contributed by atoms with E-state index in [1.165, 1.54) is 6.08 Å². The summed E-state index contributed by atoms with van der Waals surface area (Å²) in [5.41, 5.74) is 1.11. The molecule has 0 heterocycles. The Labute approximate surface area is 142 Å². The second kappa shape index (κ2) is 7.10. The van der Waals surface area contributed by atoms with E-state index < -0.39 is 9.84 Å². The van der Waals surface area contributed by atoms with Crippen molar-refractivity contribution in [3.63, 3.8) is 0 Å². The van der Waals surface area contributed by atoms with Crippen molar-refractivity contribution in [1.82, 2.24) is 0 Å².